The Morgan fingerprint density at radius 3 is 2.43 bits per heavy atom. The maximum atomic E-state index is 13.0. The number of nitrogens with one attached hydrogen (secondary N) is 1. The summed E-state index contributed by atoms with van der Waals surface area (Å²) in [4.78, 5) is 12.5. The van der Waals surface area contributed by atoms with Gasteiger partial charge in [-0.2, -0.15) is 0 Å². The molecule has 0 aliphatic rings. The number of hydrogen-bond acceptors (Lipinski definition) is 2. The highest BCUT2D eigenvalue weighted by Gasteiger charge is 2.29. The van der Waals surface area contributed by atoms with Gasteiger partial charge in [-0.1, -0.05) is 18.2 Å². The van der Waals surface area contributed by atoms with Crippen LogP contribution >= 0.6 is 0 Å². The molecule has 2 rings (SSSR count). The van der Waals surface area contributed by atoms with Crippen molar-refractivity contribution in [1.82, 2.24) is 0 Å². The van der Waals surface area contributed by atoms with Crippen LogP contribution in [0.1, 0.15) is 19.4 Å². The molecule has 21 heavy (non-hydrogen) atoms. The predicted octanol–water partition coefficient (Wildman–Crippen LogP) is 3.75. The van der Waals surface area contributed by atoms with Crippen molar-refractivity contribution in [2.75, 3.05) is 12.4 Å². The van der Waals surface area contributed by atoms with Crippen molar-refractivity contribution in [3.63, 3.8) is 0 Å². The minimum Gasteiger partial charge on any atom is -0.497 e. The van der Waals surface area contributed by atoms with E-state index in [0.717, 1.165) is 5.56 Å². The van der Waals surface area contributed by atoms with Gasteiger partial charge in [-0.3, -0.25) is 4.79 Å². The van der Waals surface area contributed by atoms with E-state index in [9.17, 15) is 9.18 Å². The van der Waals surface area contributed by atoms with Crippen molar-refractivity contribution < 1.29 is 13.9 Å². The molecule has 0 saturated heterocycles. The van der Waals surface area contributed by atoms with Gasteiger partial charge < -0.3 is 10.1 Å². The molecule has 0 aromatic heterocycles. The first-order valence-corrected chi connectivity index (χ1v) is 6.65. The van der Waals surface area contributed by atoms with Crippen molar-refractivity contribution in [3.05, 3.63) is 59.9 Å². The van der Waals surface area contributed by atoms with Crippen LogP contribution in [0.25, 0.3) is 0 Å². The smallest absolute Gasteiger partial charge is 0.234 e. The van der Waals surface area contributed by atoms with Crippen molar-refractivity contribution >= 4 is 11.6 Å². The van der Waals surface area contributed by atoms with Crippen LogP contribution in [-0.2, 0) is 10.2 Å². The second-order valence-electron chi connectivity index (χ2n) is 5.32. The SMILES string of the molecule is COc1cccc(NC(=O)C(C)(C)c2ccc(F)cc2)c1. The zero-order chi connectivity index (χ0) is 15.5. The van der Waals surface area contributed by atoms with E-state index in [2.05, 4.69) is 5.32 Å². The van der Waals surface area contributed by atoms with Crippen LogP contribution < -0.4 is 10.1 Å². The molecule has 0 fully saturated rings. The minimum atomic E-state index is -0.767. The molecule has 0 spiro atoms. The van der Waals surface area contributed by atoms with Crippen LogP contribution in [0.3, 0.4) is 0 Å². The summed E-state index contributed by atoms with van der Waals surface area (Å²) >= 11 is 0. The highest BCUT2D eigenvalue weighted by Crippen LogP contribution is 2.26. The van der Waals surface area contributed by atoms with Crippen LogP contribution in [0.15, 0.2) is 48.5 Å². The number of anilines is 1. The first-order valence-electron chi connectivity index (χ1n) is 6.65. The Labute approximate surface area is 123 Å². The van der Waals surface area contributed by atoms with Gasteiger partial charge >= 0.3 is 0 Å². The number of carbonyl (C=O) groups excluding carboxylic acids is 1. The second kappa shape index (κ2) is 5.95. The summed E-state index contributed by atoms with van der Waals surface area (Å²) in [6.07, 6.45) is 0. The molecule has 0 aliphatic carbocycles. The third-order valence-electron chi connectivity index (χ3n) is 3.46. The Morgan fingerprint density at radius 1 is 1.14 bits per heavy atom. The van der Waals surface area contributed by atoms with Gasteiger partial charge in [0, 0.05) is 11.8 Å². The minimum absolute atomic E-state index is 0.164. The van der Waals surface area contributed by atoms with Crippen LogP contribution in [0.4, 0.5) is 10.1 Å². The number of hydrogen-bond donors (Lipinski definition) is 1. The van der Waals surface area contributed by atoms with Crippen LogP contribution in [0, 0.1) is 5.82 Å². The number of amides is 1. The van der Waals surface area contributed by atoms with E-state index in [4.69, 9.17) is 4.74 Å². The maximum absolute atomic E-state index is 13.0. The lowest BCUT2D eigenvalue weighted by Crippen LogP contribution is -2.34. The maximum Gasteiger partial charge on any atom is 0.234 e. The van der Waals surface area contributed by atoms with E-state index in [1.54, 1.807) is 57.4 Å². The number of halogens is 1. The molecule has 0 atom stereocenters. The molecule has 0 heterocycles. The number of benzene rings is 2. The number of carbonyl (C=O) groups is 1. The summed E-state index contributed by atoms with van der Waals surface area (Å²) in [5, 5.41) is 2.86. The Morgan fingerprint density at radius 2 is 1.81 bits per heavy atom. The third-order valence-corrected chi connectivity index (χ3v) is 3.46. The van der Waals surface area contributed by atoms with Gasteiger partial charge in [0.05, 0.1) is 12.5 Å². The van der Waals surface area contributed by atoms with Crippen LogP contribution in [-0.4, -0.2) is 13.0 Å². The van der Waals surface area contributed by atoms with Crippen molar-refractivity contribution in [2.45, 2.75) is 19.3 Å². The first kappa shape index (κ1) is 15.0. The van der Waals surface area contributed by atoms with Gasteiger partial charge in [0.2, 0.25) is 5.91 Å². The molecule has 0 aliphatic heterocycles. The highest BCUT2D eigenvalue weighted by atomic mass is 19.1. The quantitative estimate of drug-likeness (QED) is 0.930. The van der Waals surface area contributed by atoms with E-state index >= 15 is 0 Å². The summed E-state index contributed by atoms with van der Waals surface area (Å²) in [7, 11) is 1.57. The average Bonchev–Trinajstić information content (AvgIpc) is 2.48. The van der Waals surface area contributed by atoms with Crippen molar-refractivity contribution in [1.29, 1.82) is 0 Å². The zero-order valence-corrected chi connectivity index (χ0v) is 12.3. The molecule has 0 radical (unpaired) electrons. The normalized spacial score (nSPS) is 11.0. The molecule has 0 bridgehead atoms. The van der Waals surface area contributed by atoms with Gasteiger partial charge in [0.15, 0.2) is 0 Å². The number of ether oxygens (including phenoxy) is 1. The van der Waals surface area contributed by atoms with Gasteiger partial charge in [-0.05, 0) is 43.7 Å². The fourth-order valence-electron chi connectivity index (χ4n) is 1.99. The van der Waals surface area contributed by atoms with E-state index < -0.39 is 5.41 Å². The molecule has 0 unspecified atom stereocenters. The predicted molar refractivity (Wildman–Crippen MR) is 81.0 cm³/mol. The van der Waals surface area contributed by atoms with Gasteiger partial charge in [-0.25, -0.2) is 4.39 Å². The lowest BCUT2D eigenvalue weighted by Gasteiger charge is -2.24. The van der Waals surface area contributed by atoms with E-state index in [1.165, 1.54) is 12.1 Å². The van der Waals surface area contributed by atoms with Crippen LogP contribution in [0.2, 0.25) is 0 Å². The summed E-state index contributed by atoms with van der Waals surface area (Å²) in [5.74, 6) is 0.192. The molecule has 4 heteroatoms. The van der Waals surface area contributed by atoms with Gasteiger partial charge in [0.25, 0.3) is 0 Å². The number of rotatable bonds is 4. The van der Waals surface area contributed by atoms with Crippen molar-refractivity contribution in [3.8, 4) is 5.75 Å². The Balaban J connectivity index is 2.19. The molecule has 2 aromatic rings. The van der Waals surface area contributed by atoms with E-state index in [1.807, 2.05) is 0 Å². The third kappa shape index (κ3) is 3.40. The Bertz CT molecular complexity index is 635. The Hall–Kier alpha value is -2.36. The average molecular weight is 287 g/mol. The highest BCUT2D eigenvalue weighted by molar-refractivity contribution is 5.98. The summed E-state index contributed by atoms with van der Waals surface area (Å²) in [6.45, 7) is 3.60. The standard InChI is InChI=1S/C17H18FNO2/c1-17(2,12-7-9-13(18)10-8-12)16(20)19-14-5-4-6-15(11-14)21-3/h4-11H,1-3H3,(H,19,20). The second-order valence-corrected chi connectivity index (χ2v) is 5.32. The monoisotopic (exact) mass is 287 g/mol. The van der Waals surface area contributed by atoms with Gasteiger partial charge in [-0.15, -0.1) is 0 Å². The van der Waals surface area contributed by atoms with E-state index in [-0.39, 0.29) is 11.7 Å². The molecular formula is C17H18FNO2. The first-order chi connectivity index (χ1) is 9.93. The molecule has 1 N–H and O–H groups in total. The summed E-state index contributed by atoms with van der Waals surface area (Å²) in [6, 6.07) is 13.1. The zero-order valence-electron chi connectivity index (χ0n) is 12.3. The fourth-order valence-corrected chi connectivity index (χ4v) is 1.99. The topological polar surface area (TPSA) is 38.3 Å². The largest absolute Gasteiger partial charge is 0.497 e. The number of methoxy groups -OCH3 is 1. The summed E-state index contributed by atoms with van der Waals surface area (Å²) in [5.41, 5.74) is 0.648. The molecule has 1 amide bonds. The van der Waals surface area contributed by atoms with Crippen molar-refractivity contribution in [2.24, 2.45) is 0 Å². The van der Waals surface area contributed by atoms with Gasteiger partial charge in [0.1, 0.15) is 11.6 Å². The Kier molecular flexibility index (Phi) is 4.26. The lowest BCUT2D eigenvalue weighted by atomic mass is 9.83. The van der Waals surface area contributed by atoms with Crippen LogP contribution in [0.5, 0.6) is 5.75 Å². The molecule has 2 aromatic carbocycles. The van der Waals surface area contributed by atoms with E-state index in [0.29, 0.717) is 11.4 Å². The summed E-state index contributed by atoms with van der Waals surface area (Å²) < 4.78 is 18.1. The lowest BCUT2D eigenvalue weighted by molar-refractivity contribution is -0.120. The fraction of sp³-hybridized carbons (Fsp3) is 0.235. The molecular weight excluding hydrogens is 269 g/mol. The molecule has 3 nitrogen and oxygen atoms in total. The molecule has 0 saturated carbocycles. The molecule has 110 valence electrons.